The second-order valence-electron chi connectivity index (χ2n) is 3.40. The van der Waals surface area contributed by atoms with E-state index >= 15 is 0 Å². The maximum atomic E-state index is 13.5. The molecule has 6 heteroatoms. The molecule has 0 bridgehead atoms. The lowest BCUT2D eigenvalue weighted by molar-refractivity contribution is 0.491. The lowest BCUT2D eigenvalue weighted by Crippen LogP contribution is -2.17. The van der Waals surface area contributed by atoms with Gasteiger partial charge in [0.15, 0.2) is 11.6 Å². The number of rotatable bonds is 2. The Hall–Kier alpha value is -1.82. The Kier molecular flexibility index (Phi) is 2.66. The van der Waals surface area contributed by atoms with Crippen molar-refractivity contribution in [2.75, 3.05) is 0 Å². The highest BCUT2D eigenvalue weighted by atomic mass is 19.2. The van der Waals surface area contributed by atoms with Crippen molar-refractivity contribution in [3.8, 4) is 0 Å². The van der Waals surface area contributed by atoms with E-state index in [0.717, 1.165) is 6.07 Å². The summed E-state index contributed by atoms with van der Waals surface area (Å²) < 4.78 is 27.9. The van der Waals surface area contributed by atoms with Crippen molar-refractivity contribution >= 4 is 0 Å². The number of aromatic nitrogens is 3. The Balaban J connectivity index is 2.46. The normalized spacial score (nSPS) is 12.8. The minimum atomic E-state index is -0.934. The van der Waals surface area contributed by atoms with E-state index in [4.69, 9.17) is 5.73 Å². The van der Waals surface area contributed by atoms with Gasteiger partial charge in [0.2, 0.25) is 0 Å². The average molecular weight is 224 g/mol. The van der Waals surface area contributed by atoms with Crippen LogP contribution in [0.2, 0.25) is 0 Å². The number of benzene rings is 1. The average Bonchev–Trinajstić information content (AvgIpc) is 2.68. The van der Waals surface area contributed by atoms with Gasteiger partial charge in [-0.3, -0.25) is 4.68 Å². The van der Waals surface area contributed by atoms with E-state index in [1.54, 1.807) is 7.05 Å². The summed E-state index contributed by atoms with van der Waals surface area (Å²) >= 11 is 0. The molecule has 1 aromatic heterocycles. The van der Waals surface area contributed by atoms with Gasteiger partial charge in [0, 0.05) is 12.6 Å². The van der Waals surface area contributed by atoms with Gasteiger partial charge in [-0.05, 0) is 6.07 Å². The largest absolute Gasteiger partial charge is 0.319 e. The van der Waals surface area contributed by atoms with E-state index in [1.165, 1.54) is 23.0 Å². The first-order chi connectivity index (χ1) is 7.61. The second-order valence-corrected chi connectivity index (χ2v) is 3.40. The Morgan fingerprint density at radius 2 is 2.12 bits per heavy atom. The van der Waals surface area contributed by atoms with E-state index < -0.39 is 17.7 Å². The van der Waals surface area contributed by atoms with Crippen LogP contribution in [0.25, 0.3) is 0 Å². The highest BCUT2D eigenvalue weighted by Crippen LogP contribution is 2.22. The van der Waals surface area contributed by atoms with Gasteiger partial charge in [0.05, 0.1) is 17.9 Å². The van der Waals surface area contributed by atoms with Crippen molar-refractivity contribution in [2.24, 2.45) is 12.8 Å². The van der Waals surface area contributed by atoms with E-state index in [2.05, 4.69) is 10.3 Å². The highest BCUT2D eigenvalue weighted by Gasteiger charge is 2.18. The first-order valence-electron chi connectivity index (χ1n) is 4.65. The molecule has 0 aliphatic carbocycles. The zero-order valence-corrected chi connectivity index (χ0v) is 8.56. The second kappa shape index (κ2) is 3.97. The molecule has 0 aliphatic heterocycles. The summed E-state index contributed by atoms with van der Waals surface area (Å²) in [4.78, 5) is 0. The van der Waals surface area contributed by atoms with Crippen LogP contribution in [0.15, 0.2) is 24.4 Å². The third-order valence-electron chi connectivity index (χ3n) is 2.38. The van der Waals surface area contributed by atoms with Gasteiger partial charge in [0.25, 0.3) is 0 Å². The molecule has 0 saturated carbocycles. The zero-order valence-electron chi connectivity index (χ0n) is 8.56. The van der Waals surface area contributed by atoms with Crippen molar-refractivity contribution in [1.29, 1.82) is 0 Å². The number of hydrogen-bond donors (Lipinski definition) is 1. The molecule has 1 atom stereocenters. The number of nitrogens with zero attached hydrogens (tertiary/aromatic N) is 3. The lowest BCUT2D eigenvalue weighted by Gasteiger charge is -2.12. The molecule has 1 aromatic carbocycles. The van der Waals surface area contributed by atoms with Gasteiger partial charge < -0.3 is 5.73 Å². The third-order valence-corrected chi connectivity index (χ3v) is 2.38. The number of hydrogen-bond acceptors (Lipinski definition) is 3. The fourth-order valence-corrected chi connectivity index (χ4v) is 1.50. The minimum Gasteiger partial charge on any atom is -0.319 e. The molecule has 1 heterocycles. The first kappa shape index (κ1) is 10.7. The van der Waals surface area contributed by atoms with E-state index in [-0.39, 0.29) is 5.56 Å². The van der Waals surface area contributed by atoms with Crippen LogP contribution in [0.1, 0.15) is 17.3 Å². The minimum absolute atomic E-state index is 0.0883. The van der Waals surface area contributed by atoms with Gasteiger partial charge in [-0.25, -0.2) is 8.78 Å². The fourth-order valence-electron chi connectivity index (χ4n) is 1.50. The maximum absolute atomic E-state index is 13.5. The molecule has 2 aromatic rings. The zero-order chi connectivity index (χ0) is 11.7. The smallest absolute Gasteiger partial charge is 0.163 e. The SMILES string of the molecule is Cn1nncc1C(N)c1cccc(F)c1F. The van der Waals surface area contributed by atoms with Crippen LogP contribution < -0.4 is 5.73 Å². The fraction of sp³-hybridized carbons (Fsp3) is 0.200. The van der Waals surface area contributed by atoms with E-state index in [1.807, 2.05) is 0 Å². The van der Waals surface area contributed by atoms with Gasteiger partial charge in [-0.2, -0.15) is 0 Å². The van der Waals surface area contributed by atoms with Crippen molar-refractivity contribution in [2.45, 2.75) is 6.04 Å². The Morgan fingerprint density at radius 3 is 2.75 bits per heavy atom. The molecule has 0 radical (unpaired) electrons. The van der Waals surface area contributed by atoms with Crippen molar-refractivity contribution < 1.29 is 8.78 Å². The number of aryl methyl sites for hydroxylation is 1. The molecule has 0 saturated heterocycles. The van der Waals surface area contributed by atoms with Crippen LogP contribution in [0, 0.1) is 11.6 Å². The Bertz CT molecular complexity index is 509. The molecule has 0 spiro atoms. The molecule has 0 amide bonds. The lowest BCUT2D eigenvalue weighted by atomic mass is 10.0. The van der Waals surface area contributed by atoms with Gasteiger partial charge in [0.1, 0.15) is 0 Å². The summed E-state index contributed by atoms with van der Waals surface area (Å²) in [5.74, 6) is -1.85. The summed E-state index contributed by atoms with van der Waals surface area (Å²) in [5, 5.41) is 7.32. The van der Waals surface area contributed by atoms with Crippen LogP contribution in [0.3, 0.4) is 0 Å². The summed E-state index contributed by atoms with van der Waals surface area (Å²) in [5.41, 5.74) is 6.43. The molecule has 84 valence electrons. The first-order valence-corrected chi connectivity index (χ1v) is 4.65. The molecule has 1 unspecified atom stereocenters. The van der Waals surface area contributed by atoms with Crippen molar-refractivity contribution in [3.05, 3.63) is 47.3 Å². The monoisotopic (exact) mass is 224 g/mol. The Morgan fingerprint density at radius 1 is 1.38 bits per heavy atom. The molecule has 0 fully saturated rings. The van der Waals surface area contributed by atoms with Crippen LogP contribution in [0.4, 0.5) is 8.78 Å². The summed E-state index contributed by atoms with van der Waals surface area (Å²) in [7, 11) is 1.64. The van der Waals surface area contributed by atoms with E-state index in [9.17, 15) is 8.78 Å². The topological polar surface area (TPSA) is 56.7 Å². The predicted molar refractivity (Wildman–Crippen MR) is 53.4 cm³/mol. The quantitative estimate of drug-likeness (QED) is 0.832. The van der Waals surface area contributed by atoms with Gasteiger partial charge in [-0.15, -0.1) is 5.10 Å². The maximum Gasteiger partial charge on any atom is 0.163 e. The van der Waals surface area contributed by atoms with Crippen molar-refractivity contribution in [1.82, 2.24) is 15.0 Å². The van der Waals surface area contributed by atoms with Gasteiger partial charge >= 0.3 is 0 Å². The molecular formula is C10H10F2N4. The van der Waals surface area contributed by atoms with E-state index in [0.29, 0.717) is 5.69 Å². The van der Waals surface area contributed by atoms with Crippen LogP contribution in [0.5, 0.6) is 0 Å². The van der Waals surface area contributed by atoms with Crippen LogP contribution >= 0.6 is 0 Å². The molecule has 0 aliphatic rings. The van der Waals surface area contributed by atoms with Gasteiger partial charge in [-0.1, -0.05) is 17.3 Å². The van der Waals surface area contributed by atoms with Crippen LogP contribution in [-0.2, 0) is 7.05 Å². The summed E-state index contributed by atoms with van der Waals surface area (Å²) in [6.07, 6.45) is 1.43. The molecule has 16 heavy (non-hydrogen) atoms. The predicted octanol–water partition coefficient (Wildman–Crippen LogP) is 1.14. The molecular weight excluding hydrogens is 214 g/mol. The third kappa shape index (κ3) is 1.67. The number of halogens is 2. The highest BCUT2D eigenvalue weighted by molar-refractivity contribution is 5.28. The number of nitrogens with two attached hydrogens (primary N) is 1. The Labute approximate surface area is 90.7 Å². The molecule has 4 nitrogen and oxygen atoms in total. The van der Waals surface area contributed by atoms with Crippen molar-refractivity contribution in [3.63, 3.8) is 0 Å². The summed E-state index contributed by atoms with van der Waals surface area (Å²) in [6, 6.07) is 3.12. The molecule has 2 N–H and O–H groups in total. The standard InChI is InChI=1S/C10H10F2N4/c1-16-8(5-14-15-16)10(13)6-3-2-4-7(11)9(6)12/h2-5,10H,13H2,1H3. The molecule has 2 rings (SSSR count). The summed E-state index contributed by atoms with van der Waals surface area (Å²) in [6.45, 7) is 0. The van der Waals surface area contributed by atoms with Crippen LogP contribution in [-0.4, -0.2) is 15.0 Å².